The molecule has 92 heavy (non-hydrogen) atoms. The first kappa shape index (κ1) is 66.2. The van der Waals surface area contributed by atoms with Crippen molar-refractivity contribution in [2.45, 2.75) is 203 Å². The normalized spacial score (nSPS) is 31.9. The maximum Gasteiger partial charge on any atom is 0.407 e. The van der Waals surface area contributed by atoms with E-state index in [0.717, 1.165) is 27.1 Å². The zero-order valence-electron chi connectivity index (χ0n) is 53.1. The van der Waals surface area contributed by atoms with Crippen molar-refractivity contribution in [2.24, 2.45) is 22.9 Å². The van der Waals surface area contributed by atoms with E-state index < -0.39 is 129 Å². The minimum Gasteiger partial charge on any atom is -0.459 e. The van der Waals surface area contributed by atoms with Gasteiger partial charge in [-0.2, -0.15) is 0 Å². The molecule has 0 radical (unpaired) electrons. The molecule has 0 aromatic heterocycles. The fourth-order valence-electron chi connectivity index (χ4n) is 14.4. The lowest BCUT2D eigenvalue weighted by molar-refractivity contribution is -0.310. The van der Waals surface area contributed by atoms with Gasteiger partial charge in [-0.05, 0) is 81.6 Å². The van der Waals surface area contributed by atoms with Crippen LogP contribution in [0.2, 0.25) is 5.04 Å². The predicted molar refractivity (Wildman–Crippen MR) is 339 cm³/mol. The van der Waals surface area contributed by atoms with Crippen molar-refractivity contribution in [2.75, 3.05) is 6.54 Å². The number of carbonyl (C=O) groups excluding carboxylic acids is 4. The third-order valence-corrected chi connectivity index (χ3v) is 23.7. The highest BCUT2D eigenvalue weighted by Crippen LogP contribution is 2.48. The first-order valence-electron chi connectivity index (χ1n) is 32.2. The van der Waals surface area contributed by atoms with E-state index in [4.69, 9.17) is 56.5 Å². The van der Waals surface area contributed by atoms with E-state index in [2.05, 4.69) is 65.7 Å². The van der Waals surface area contributed by atoms with Crippen LogP contribution in [-0.4, -0.2) is 131 Å². The number of hydrogen-bond acceptors (Lipinski definition) is 17. The van der Waals surface area contributed by atoms with Crippen molar-refractivity contribution in [1.82, 2.24) is 10.6 Å². The molecule has 490 valence electrons. The summed E-state index contributed by atoms with van der Waals surface area (Å²) >= 11 is 0. The highest BCUT2D eigenvalue weighted by molar-refractivity contribution is 6.99. The number of esters is 2. The van der Waals surface area contributed by atoms with Crippen LogP contribution < -0.4 is 21.0 Å². The third-order valence-electron chi connectivity index (χ3n) is 18.7. The Morgan fingerprint density at radius 3 is 1.76 bits per heavy atom. The first-order chi connectivity index (χ1) is 44.5. The van der Waals surface area contributed by atoms with E-state index in [1.54, 1.807) is 0 Å². The van der Waals surface area contributed by atoms with Crippen molar-refractivity contribution < 1.29 is 75.7 Å². The smallest absolute Gasteiger partial charge is 0.407 e. The highest BCUT2D eigenvalue weighted by Gasteiger charge is 2.62. The van der Waals surface area contributed by atoms with Gasteiger partial charge in [0.05, 0.1) is 49.5 Å². The highest BCUT2D eigenvalue weighted by atomic mass is 28.4. The molecule has 0 spiro atoms. The van der Waals surface area contributed by atoms with Crippen LogP contribution in [-0.2, 0) is 79.3 Å². The van der Waals surface area contributed by atoms with Crippen LogP contribution in [0, 0.1) is 17.8 Å². The Kier molecular flexibility index (Phi) is 21.5. The van der Waals surface area contributed by atoms with E-state index in [9.17, 15) is 24.7 Å². The monoisotopic (exact) mass is 1280 g/mol. The number of rotatable bonds is 21. The molecule has 1 unspecified atom stereocenters. The Hall–Kier alpha value is -7.21. The van der Waals surface area contributed by atoms with Crippen molar-refractivity contribution in [3.05, 3.63) is 179 Å². The van der Waals surface area contributed by atoms with Crippen LogP contribution in [0.3, 0.4) is 0 Å². The molecule has 22 heteroatoms. The van der Waals surface area contributed by atoms with Gasteiger partial charge in [0, 0.05) is 17.8 Å². The van der Waals surface area contributed by atoms with Crippen LogP contribution in [0.4, 0.5) is 9.59 Å². The van der Waals surface area contributed by atoms with E-state index >= 15 is 0 Å². The van der Waals surface area contributed by atoms with Gasteiger partial charge in [-0.3, -0.25) is 9.59 Å². The van der Waals surface area contributed by atoms with E-state index in [-0.39, 0.29) is 50.0 Å². The molecule has 2 N–H and O–H groups in total. The molecule has 11 rings (SSSR count). The van der Waals surface area contributed by atoms with E-state index in [1.165, 1.54) is 6.92 Å². The van der Waals surface area contributed by atoms with Gasteiger partial charge >= 0.3 is 24.1 Å². The molecular weight excluding hydrogens is 1190 g/mol. The molecule has 5 aliphatic heterocycles. The number of amides is 2. The standard InChI is InChI=1S/C70H85N5O16Si/c1-8-52-60(89-66-57(74-69(79)81-41-46-26-16-10-17-27-46)62(82-44(4)76)61-54(86-66)35-34-53(84-61)47-28-18-11-19-29-47)64(91-92(70(5,6)7,50-30-20-12-21-31-50)51-32-22-13-23-33-51)67(85-52)90-63-58(43(3)36-48-38-55(77)87-59(48)63)88-65-56(42(2)37-49(83-65)39-72-75-71)73-68(78)80-40-45-24-14-9-15-25-45/h9-33,42-43,48-49,52-54,56-67H,8,34-41H2,1-7H3,(H,73,78)(H,74,79)/t42-,43+,48+,49+,52-,53?,54+,56-,57-,58-,59+,60-,61-,62-,63+,64-,65-,66-,67+/m1/s1. The number of nitrogens with zero attached hydrogens (tertiary/aromatic N) is 3. The molecule has 6 fully saturated rings. The number of fused-ring (bicyclic) bond motifs is 2. The number of carbonyl (C=O) groups is 4. The molecule has 0 bridgehead atoms. The largest absolute Gasteiger partial charge is 0.459 e. The molecule has 5 aromatic carbocycles. The van der Waals surface area contributed by atoms with Crippen LogP contribution in [0.5, 0.6) is 0 Å². The lowest BCUT2D eigenvalue weighted by Gasteiger charge is -2.50. The molecule has 2 amide bonds. The SMILES string of the molecule is CC[C@H]1O[C@@H](O[C@@H]2[C@H]3OC(=O)C[C@@H]3C[C@H](C)[C@H]2O[C@H]2O[C@H](CN=[N+]=[N-])C[C@@H](C)[C@H]2NC(=O)OCc2ccccc2)[C@H](O[Si](c2ccccc2)(c2ccccc2)C(C)(C)C)[C@@H]1O[C@H]1O[C@H]2CCC(c3ccccc3)O[C@H]2[C@H](OC(C)=O)[C@H]1NC(=O)OCc1ccccc1. The molecule has 6 aliphatic rings. The topological polar surface area (TPSA) is 252 Å². The van der Waals surface area contributed by atoms with Gasteiger partial charge in [-0.1, -0.05) is 198 Å². The number of hydrogen-bond donors (Lipinski definition) is 2. The van der Waals surface area contributed by atoms with Crippen molar-refractivity contribution in [3.63, 3.8) is 0 Å². The Bertz CT molecular complexity index is 3260. The van der Waals surface area contributed by atoms with Crippen LogP contribution in [0.25, 0.3) is 10.4 Å². The summed E-state index contributed by atoms with van der Waals surface area (Å²) < 4.78 is 82.7. The minimum atomic E-state index is -3.63. The summed E-state index contributed by atoms with van der Waals surface area (Å²) in [4.78, 5) is 58.3. The third kappa shape index (κ3) is 15.1. The lowest BCUT2D eigenvalue weighted by atomic mass is 9.76. The van der Waals surface area contributed by atoms with Crippen molar-refractivity contribution in [1.29, 1.82) is 0 Å². The Labute approximate surface area is 538 Å². The van der Waals surface area contributed by atoms with E-state index in [0.29, 0.717) is 32.1 Å². The minimum absolute atomic E-state index is 0.00548. The molecule has 5 aromatic rings. The number of azide groups is 1. The van der Waals surface area contributed by atoms with Crippen molar-refractivity contribution >= 4 is 42.8 Å². The molecular formula is C70H85N5O16Si. The first-order valence-corrected chi connectivity index (χ1v) is 34.1. The fraction of sp³-hybridized carbons (Fsp3) is 0.514. The molecule has 1 aliphatic carbocycles. The maximum absolute atomic E-state index is 14.4. The zero-order chi connectivity index (χ0) is 64.5. The number of ether oxygens (including phenoxy) is 11. The summed E-state index contributed by atoms with van der Waals surface area (Å²) in [6, 6.07) is 46.7. The Morgan fingerprint density at radius 1 is 0.630 bits per heavy atom. The molecule has 19 atom stereocenters. The Balaban J connectivity index is 0.989. The van der Waals surface area contributed by atoms with Gasteiger partial charge in [-0.25, -0.2) is 9.59 Å². The van der Waals surface area contributed by atoms with E-state index in [1.807, 2.05) is 148 Å². The molecule has 5 saturated heterocycles. The lowest BCUT2D eigenvalue weighted by Crippen LogP contribution is -2.70. The fourth-order valence-corrected chi connectivity index (χ4v) is 19.0. The quantitative estimate of drug-likeness (QED) is 0.0173. The van der Waals surface area contributed by atoms with Crippen molar-refractivity contribution in [3.8, 4) is 0 Å². The number of benzene rings is 5. The van der Waals surface area contributed by atoms with Gasteiger partial charge in [0.15, 0.2) is 25.0 Å². The molecule has 1 saturated carbocycles. The summed E-state index contributed by atoms with van der Waals surface area (Å²) in [5, 5.41) is 11.2. The summed E-state index contributed by atoms with van der Waals surface area (Å²) in [5.74, 6) is -1.87. The van der Waals surface area contributed by atoms with Gasteiger partial charge in [0.1, 0.15) is 49.8 Å². The van der Waals surface area contributed by atoms with Gasteiger partial charge < -0.3 is 67.2 Å². The number of nitrogens with one attached hydrogen (secondary N) is 2. The molecule has 5 heterocycles. The zero-order valence-corrected chi connectivity index (χ0v) is 54.1. The average Bonchev–Trinajstić information content (AvgIpc) is 1.74. The summed E-state index contributed by atoms with van der Waals surface area (Å²) in [7, 11) is -3.63. The van der Waals surface area contributed by atoms with Gasteiger partial charge in [-0.15, -0.1) is 0 Å². The average molecular weight is 1280 g/mol. The second-order valence-electron chi connectivity index (χ2n) is 26.0. The van der Waals surface area contributed by atoms with Crippen LogP contribution in [0.1, 0.15) is 110 Å². The van der Waals surface area contributed by atoms with Crippen LogP contribution in [0.15, 0.2) is 157 Å². The predicted octanol–water partition coefficient (Wildman–Crippen LogP) is 10.4. The van der Waals surface area contributed by atoms with Gasteiger partial charge in [0.25, 0.3) is 8.32 Å². The second kappa shape index (κ2) is 29.8. The Morgan fingerprint density at radius 2 is 1.18 bits per heavy atom. The summed E-state index contributed by atoms with van der Waals surface area (Å²) in [5.41, 5.74) is 11.9. The summed E-state index contributed by atoms with van der Waals surface area (Å²) in [6.45, 7) is 13.7. The van der Waals surface area contributed by atoms with Gasteiger partial charge in [0.2, 0.25) is 0 Å². The molecule has 21 nitrogen and oxygen atoms in total. The maximum atomic E-state index is 14.4. The van der Waals surface area contributed by atoms with Crippen LogP contribution >= 0.6 is 0 Å². The number of alkyl carbamates (subject to hydrolysis) is 2. The summed E-state index contributed by atoms with van der Waals surface area (Å²) in [6.07, 6.45) is -12.3. The second-order valence-corrected chi connectivity index (χ2v) is 30.3.